The summed E-state index contributed by atoms with van der Waals surface area (Å²) in [4.78, 5) is 23.4. The summed E-state index contributed by atoms with van der Waals surface area (Å²) in [5.74, 6) is 0.0268. The third kappa shape index (κ3) is 4.49. The van der Waals surface area contributed by atoms with E-state index in [1.807, 2.05) is 0 Å². The van der Waals surface area contributed by atoms with Gasteiger partial charge in [0.1, 0.15) is 6.61 Å². The van der Waals surface area contributed by atoms with E-state index in [9.17, 15) is 9.59 Å². The van der Waals surface area contributed by atoms with Crippen LogP contribution in [0.15, 0.2) is 37.4 Å². The average molecular weight is 425 g/mol. The van der Waals surface area contributed by atoms with E-state index in [0.717, 1.165) is 37.7 Å². The van der Waals surface area contributed by atoms with Crippen LogP contribution >= 0.6 is 0 Å². The van der Waals surface area contributed by atoms with Crippen LogP contribution in [0.3, 0.4) is 0 Å². The van der Waals surface area contributed by atoms with Crippen molar-refractivity contribution in [3.05, 3.63) is 59.7 Å². The van der Waals surface area contributed by atoms with Gasteiger partial charge in [-0.25, -0.2) is 9.59 Å². The largest absolute Gasteiger partial charge is 0.462 e. The van der Waals surface area contributed by atoms with Gasteiger partial charge in [-0.1, -0.05) is 59.4 Å². The van der Waals surface area contributed by atoms with E-state index in [1.54, 1.807) is 0 Å². The molecule has 0 radical (unpaired) electrons. The fourth-order valence-corrected chi connectivity index (χ4v) is 6.05. The van der Waals surface area contributed by atoms with Gasteiger partial charge in [-0.2, -0.15) is 0 Å². The van der Waals surface area contributed by atoms with Crippen LogP contribution in [0, 0.1) is 11.3 Å². The van der Waals surface area contributed by atoms with Gasteiger partial charge in [-0.05, 0) is 65.2 Å². The molecule has 1 aromatic rings. The number of benzene rings is 1. The lowest BCUT2D eigenvalue weighted by atomic mass is 9.50. The van der Waals surface area contributed by atoms with Gasteiger partial charge in [-0.3, -0.25) is 0 Å². The van der Waals surface area contributed by atoms with Gasteiger partial charge < -0.3 is 9.47 Å². The van der Waals surface area contributed by atoms with Crippen molar-refractivity contribution < 1.29 is 19.1 Å². The maximum Gasteiger partial charge on any atom is 0.330 e. The second-order valence-corrected chi connectivity index (χ2v) is 10.0. The molecule has 0 heterocycles. The SMILES string of the molecule is C=CC(=O)OCc1cc2c(cc1C(C)C)CCC1[C@](C)(COC(=O)C=C)CCC[C@]21C. The Balaban J connectivity index is 1.99. The van der Waals surface area contributed by atoms with E-state index >= 15 is 0 Å². The minimum absolute atomic E-state index is 0.00781. The molecular weight excluding hydrogens is 388 g/mol. The van der Waals surface area contributed by atoms with Crippen molar-refractivity contribution in [2.75, 3.05) is 6.61 Å². The summed E-state index contributed by atoms with van der Waals surface area (Å²) >= 11 is 0. The number of carbonyl (C=O) groups is 2. The molecule has 3 rings (SSSR count). The van der Waals surface area contributed by atoms with Gasteiger partial charge in [0, 0.05) is 17.6 Å². The molecule has 1 aromatic carbocycles. The number of hydrogen-bond acceptors (Lipinski definition) is 4. The van der Waals surface area contributed by atoms with Crippen molar-refractivity contribution in [3.63, 3.8) is 0 Å². The molecule has 0 aromatic heterocycles. The zero-order valence-corrected chi connectivity index (χ0v) is 19.5. The molecule has 1 fully saturated rings. The molecule has 0 N–H and O–H groups in total. The van der Waals surface area contributed by atoms with E-state index in [-0.39, 0.29) is 23.4 Å². The summed E-state index contributed by atoms with van der Waals surface area (Å²) in [5.41, 5.74) is 5.06. The lowest BCUT2D eigenvalue weighted by molar-refractivity contribution is -0.145. The summed E-state index contributed by atoms with van der Waals surface area (Å²) in [5, 5.41) is 0. The summed E-state index contributed by atoms with van der Waals surface area (Å²) < 4.78 is 11.0. The van der Waals surface area contributed by atoms with Crippen molar-refractivity contribution in [3.8, 4) is 0 Å². The van der Waals surface area contributed by atoms with Gasteiger partial charge in [-0.15, -0.1) is 0 Å². The van der Waals surface area contributed by atoms with Crippen molar-refractivity contribution >= 4 is 11.9 Å². The molecule has 3 atom stereocenters. The topological polar surface area (TPSA) is 52.6 Å². The smallest absolute Gasteiger partial charge is 0.330 e. The fourth-order valence-electron chi connectivity index (χ4n) is 6.05. The van der Waals surface area contributed by atoms with Crippen LogP contribution in [0.1, 0.15) is 81.5 Å². The Kier molecular flexibility index (Phi) is 6.78. The van der Waals surface area contributed by atoms with Gasteiger partial charge in [0.25, 0.3) is 0 Å². The van der Waals surface area contributed by atoms with Crippen LogP contribution < -0.4 is 0 Å². The van der Waals surface area contributed by atoms with Crippen LogP contribution in [0.5, 0.6) is 0 Å². The maximum absolute atomic E-state index is 11.7. The molecule has 0 amide bonds. The molecule has 1 saturated carbocycles. The summed E-state index contributed by atoms with van der Waals surface area (Å²) in [6, 6.07) is 4.62. The zero-order chi connectivity index (χ0) is 22.8. The van der Waals surface area contributed by atoms with E-state index in [1.165, 1.54) is 28.8 Å². The first-order chi connectivity index (χ1) is 14.6. The Bertz CT molecular complexity index is 883. The van der Waals surface area contributed by atoms with Gasteiger partial charge in [0.15, 0.2) is 0 Å². The summed E-state index contributed by atoms with van der Waals surface area (Å²) in [7, 11) is 0. The van der Waals surface area contributed by atoms with E-state index in [4.69, 9.17) is 9.47 Å². The van der Waals surface area contributed by atoms with E-state index < -0.39 is 5.97 Å². The number of ether oxygens (including phenoxy) is 2. The molecule has 2 aliphatic carbocycles. The minimum atomic E-state index is -0.397. The Labute approximate surface area is 186 Å². The number of aryl methyl sites for hydroxylation is 1. The molecule has 0 aliphatic heterocycles. The maximum atomic E-state index is 11.7. The molecule has 2 aliphatic rings. The Morgan fingerprint density at radius 3 is 2.45 bits per heavy atom. The van der Waals surface area contributed by atoms with E-state index in [0.29, 0.717) is 18.4 Å². The Morgan fingerprint density at radius 1 is 1.13 bits per heavy atom. The third-order valence-electron chi connectivity index (χ3n) is 7.61. The monoisotopic (exact) mass is 424 g/mol. The highest BCUT2D eigenvalue weighted by Crippen LogP contribution is 2.57. The second kappa shape index (κ2) is 9.02. The Hall–Kier alpha value is -2.36. The number of hydrogen-bond donors (Lipinski definition) is 0. The predicted octanol–water partition coefficient (Wildman–Crippen LogP) is 5.78. The molecule has 4 nitrogen and oxygen atoms in total. The molecule has 168 valence electrons. The highest BCUT2D eigenvalue weighted by molar-refractivity contribution is 5.81. The van der Waals surface area contributed by atoms with Gasteiger partial charge in [0.05, 0.1) is 6.61 Å². The molecule has 4 heteroatoms. The summed E-state index contributed by atoms with van der Waals surface area (Å²) in [6.07, 6.45) is 7.83. The molecule has 31 heavy (non-hydrogen) atoms. The van der Waals surface area contributed by atoms with Crippen molar-refractivity contribution in [2.45, 2.75) is 77.7 Å². The minimum Gasteiger partial charge on any atom is -0.462 e. The molecule has 1 unspecified atom stereocenters. The number of rotatable bonds is 7. The Morgan fingerprint density at radius 2 is 1.81 bits per heavy atom. The highest BCUT2D eigenvalue weighted by Gasteiger charge is 2.52. The molecule has 0 bridgehead atoms. The van der Waals surface area contributed by atoms with Crippen LogP contribution in [0.4, 0.5) is 0 Å². The fraction of sp³-hybridized carbons (Fsp3) is 0.556. The van der Waals surface area contributed by atoms with Crippen molar-refractivity contribution in [1.29, 1.82) is 0 Å². The number of esters is 2. The highest BCUT2D eigenvalue weighted by atomic mass is 16.5. The zero-order valence-electron chi connectivity index (χ0n) is 19.5. The lowest BCUT2D eigenvalue weighted by Gasteiger charge is -2.55. The lowest BCUT2D eigenvalue weighted by Crippen LogP contribution is -2.51. The third-order valence-corrected chi connectivity index (χ3v) is 7.61. The molecule has 0 saturated heterocycles. The first kappa shape index (κ1) is 23.3. The average Bonchev–Trinajstić information content (AvgIpc) is 2.75. The van der Waals surface area contributed by atoms with Crippen LogP contribution in [-0.4, -0.2) is 18.5 Å². The first-order valence-electron chi connectivity index (χ1n) is 11.4. The number of carbonyl (C=O) groups excluding carboxylic acids is 2. The van der Waals surface area contributed by atoms with E-state index in [2.05, 4.69) is 53.0 Å². The first-order valence-corrected chi connectivity index (χ1v) is 11.4. The van der Waals surface area contributed by atoms with Gasteiger partial charge in [0.2, 0.25) is 0 Å². The van der Waals surface area contributed by atoms with Crippen molar-refractivity contribution in [2.24, 2.45) is 11.3 Å². The molecule has 0 spiro atoms. The summed E-state index contributed by atoms with van der Waals surface area (Å²) in [6.45, 7) is 16.7. The molecular formula is C27H36O4. The van der Waals surface area contributed by atoms with Crippen molar-refractivity contribution in [1.82, 2.24) is 0 Å². The normalized spacial score (nSPS) is 27.1. The standard InChI is InChI=1S/C27H36O4/c1-7-24(28)30-16-20-15-22-19(14-21(20)18(3)4)10-11-23-26(5,17-31-25(29)8-2)12-9-13-27(22,23)6/h7-8,14-15,18,23H,1-2,9-13,16-17H2,3-6H3/t23?,26-,27+/m0/s1. The van der Waals surface area contributed by atoms with Gasteiger partial charge >= 0.3 is 11.9 Å². The number of fused-ring (bicyclic) bond motifs is 3. The second-order valence-electron chi connectivity index (χ2n) is 10.0. The van der Waals surface area contributed by atoms with Crippen LogP contribution in [0.2, 0.25) is 0 Å². The predicted molar refractivity (Wildman–Crippen MR) is 123 cm³/mol. The van der Waals surface area contributed by atoms with Crippen LogP contribution in [0.25, 0.3) is 0 Å². The van der Waals surface area contributed by atoms with Crippen LogP contribution in [-0.2, 0) is 37.5 Å². The quantitative estimate of drug-likeness (QED) is 0.411.